The van der Waals surface area contributed by atoms with Gasteiger partial charge in [-0.1, -0.05) is 32.0 Å². The van der Waals surface area contributed by atoms with E-state index in [0.717, 1.165) is 17.7 Å². The van der Waals surface area contributed by atoms with Gasteiger partial charge >= 0.3 is 0 Å². The molecule has 2 aromatic carbocycles. The summed E-state index contributed by atoms with van der Waals surface area (Å²) in [5.74, 6) is 1.10. The molecule has 0 bridgehead atoms. The average molecular weight is 462 g/mol. The van der Waals surface area contributed by atoms with E-state index in [1.165, 1.54) is 0 Å². The highest BCUT2D eigenvalue weighted by Gasteiger charge is 2.36. The Balaban J connectivity index is 1.77. The summed E-state index contributed by atoms with van der Waals surface area (Å²) in [6, 6.07) is 15.9. The molecule has 0 fully saturated rings. The first-order valence-corrected chi connectivity index (χ1v) is 11.5. The van der Waals surface area contributed by atoms with Gasteiger partial charge in [-0.2, -0.15) is 0 Å². The Hall–Kier alpha value is -3.74. The molecule has 7 nitrogen and oxygen atoms in total. The van der Waals surface area contributed by atoms with Crippen molar-refractivity contribution in [3.63, 3.8) is 0 Å². The quantitative estimate of drug-likeness (QED) is 0.552. The van der Waals surface area contributed by atoms with Crippen molar-refractivity contribution in [3.05, 3.63) is 77.6 Å². The van der Waals surface area contributed by atoms with Gasteiger partial charge < -0.3 is 24.3 Å². The Morgan fingerprint density at radius 1 is 1.06 bits per heavy atom. The van der Waals surface area contributed by atoms with E-state index in [4.69, 9.17) is 9.47 Å². The smallest absolute Gasteiger partial charge is 0.255 e. The maximum atomic E-state index is 13.8. The monoisotopic (exact) mass is 461 g/mol. The molecular weight excluding hydrogens is 430 g/mol. The van der Waals surface area contributed by atoms with Gasteiger partial charge in [0.1, 0.15) is 11.5 Å². The second kappa shape index (κ2) is 10.0. The number of aromatic nitrogens is 1. The van der Waals surface area contributed by atoms with E-state index < -0.39 is 6.04 Å². The number of ether oxygens (including phenoxy) is 2. The van der Waals surface area contributed by atoms with Crippen molar-refractivity contribution in [2.24, 2.45) is 5.92 Å². The lowest BCUT2D eigenvalue weighted by atomic mass is 10.00. The summed E-state index contributed by atoms with van der Waals surface area (Å²) in [4.78, 5) is 29.3. The molecule has 0 aliphatic carbocycles. The van der Waals surface area contributed by atoms with E-state index in [-0.39, 0.29) is 11.8 Å². The van der Waals surface area contributed by atoms with Crippen LogP contribution in [0, 0.1) is 5.92 Å². The predicted molar refractivity (Wildman–Crippen MR) is 131 cm³/mol. The van der Waals surface area contributed by atoms with E-state index in [9.17, 15) is 9.59 Å². The van der Waals surface area contributed by atoms with Crippen molar-refractivity contribution in [2.45, 2.75) is 32.9 Å². The van der Waals surface area contributed by atoms with Gasteiger partial charge in [-0.25, -0.2) is 0 Å². The van der Waals surface area contributed by atoms with Crippen LogP contribution in [-0.4, -0.2) is 42.0 Å². The number of amides is 2. The normalized spacial score (nSPS) is 15.3. The van der Waals surface area contributed by atoms with Crippen molar-refractivity contribution >= 4 is 17.5 Å². The molecule has 1 aromatic heterocycles. The van der Waals surface area contributed by atoms with Crippen LogP contribution < -0.4 is 14.8 Å². The van der Waals surface area contributed by atoms with Crippen LogP contribution in [0.1, 0.15) is 47.9 Å². The van der Waals surface area contributed by atoms with Gasteiger partial charge in [0.15, 0.2) is 6.04 Å². The molecule has 1 atom stereocenters. The molecule has 178 valence electrons. The van der Waals surface area contributed by atoms with E-state index in [2.05, 4.69) is 19.2 Å². The van der Waals surface area contributed by atoms with Crippen LogP contribution in [0.25, 0.3) is 0 Å². The van der Waals surface area contributed by atoms with Gasteiger partial charge in [-0.15, -0.1) is 0 Å². The summed E-state index contributed by atoms with van der Waals surface area (Å²) in [6.45, 7) is 5.22. The number of methoxy groups -OCH3 is 2. The molecular formula is C27H31N3O4. The fourth-order valence-corrected chi connectivity index (χ4v) is 4.30. The largest absolute Gasteiger partial charge is 0.497 e. The predicted octanol–water partition coefficient (Wildman–Crippen LogP) is 4.74. The zero-order valence-corrected chi connectivity index (χ0v) is 20.1. The van der Waals surface area contributed by atoms with Gasteiger partial charge in [0.05, 0.1) is 19.9 Å². The minimum atomic E-state index is -0.785. The van der Waals surface area contributed by atoms with Crippen molar-refractivity contribution < 1.29 is 19.1 Å². The van der Waals surface area contributed by atoms with Crippen molar-refractivity contribution in [1.29, 1.82) is 0 Å². The van der Waals surface area contributed by atoms with Gasteiger partial charge in [-0.05, 0) is 36.1 Å². The zero-order valence-electron chi connectivity index (χ0n) is 20.1. The minimum absolute atomic E-state index is 0.132. The number of carbonyl (C=O) groups excluding carboxylic acids is 2. The highest BCUT2D eigenvalue weighted by Crippen LogP contribution is 2.32. The molecule has 2 amide bonds. The second-order valence-electron chi connectivity index (χ2n) is 8.89. The minimum Gasteiger partial charge on any atom is -0.497 e. The van der Waals surface area contributed by atoms with E-state index in [0.29, 0.717) is 41.8 Å². The third-order valence-electron chi connectivity index (χ3n) is 6.12. The van der Waals surface area contributed by atoms with Gasteiger partial charge in [0, 0.05) is 48.7 Å². The van der Waals surface area contributed by atoms with Crippen LogP contribution in [0.2, 0.25) is 0 Å². The molecule has 3 aromatic rings. The number of anilines is 1. The van der Waals surface area contributed by atoms with Gasteiger partial charge in [-0.3, -0.25) is 9.59 Å². The third-order valence-corrected chi connectivity index (χ3v) is 6.12. The molecule has 1 aliphatic rings. The molecule has 0 saturated heterocycles. The summed E-state index contributed by atoms with van der Waals surface area (Å²) in [5.41, 5.74) is 2.89. The van der Waals surface area contributed by atoms with Crippen molar-refractivity contribution in [1.82, 2.24) is 9.47 Å². The van der Waals surface area contributed by atoms with E-state index in [1.807, 2.05) is 47.2 Å². The Bertz CT molecular complexity index is 1160. The Kier molecular flexibility index (Phi) is 6.91. The maximum Gasteiger partial charge on any atom is 0.255 e. The molecule has 0 spiro atoms. The number of rotatable bonds is 7. The molecule has 1 N–H and O–H groups in total. The van der Waals surface area contributed by atoms with Crippen molar-refractivity contribution in [3.8, 4) is 11.5 Å². The number of hydrogen-bond acceptors (Lipinski definition) is 4. The first-order valence-electron chi connectivity index (χ1n) is 11.5. The molecule has 0 radical (unpaired) electrons. The molecule has 7 heteroatoms. The number of fused-ring (bicyclic) bond motifs is 2. The summed E-state index contributed by atoms with van der Waals surface area (Å²) in [6.07, 6.45) is 2.74. The van der Waals surface area contributed by atoms with Crippen LogP contribution in [0.3, 0.4) is 0 Å². The summed E-state index contributed by atoms with van der Waals surface area (Å²) < 4.78 is 12.7. The number of hydrogen-bond donors (Lipinski definition) is 1. The van der Waals surface area contributed by atoms with Crippen LogP contribution in [0.4, 0.5) is 5.69 Å². The first kappa shape index (κ1) is 23.4. The van der Waals surface area contributed by atoms with Crippen LogP contribution in [-0.2, 0) is 11.3 Å². The zero-order chi connectivity index (χ0) is 24.2. The average Bonchev–Trinajstić information content (AvgIpc) is 3.27. The first-order chi connectivity index (χ1) is 16.4. The standard InChI is InChI=1S/C27H31N3O4/c1-18(2)11-13-30-25(26(31)28-20-14-21(33-3)16-22(15-20)34-4)24-10-7-12-29(24)17-19-8-5-6-9-23(19)27(30)32/h5-10,12,14-16,18,25H,11,13,17H2,1-4H3,(H,28,31). The topological polar surface area (TPSA) is 72.8 Å². The van der Waals surface area contributed by atoms with E-state index in [1.54, 1.807) is 37.3 Å². The summed E-state index contributed by atoms with van der Waals surface area (Å²) in [5, 5.41) is 3.00. The van der Waals surface area contributed by atoms with Gasteiger partial charge in [0.2, 0.25) is 0 Å². The third kappa shape index (κ3) is 4.78. The Morgan fingerprint density at radius 2 is 1.76 bits per heavy atom. The lowest BCUT2D eigenvalue weighted by Crippen LogP contribution is -2.44. The number of nitrogens with one attached hydrogen (secondary N) is 1. The molecule has 2 heterocycles. The maximum absolute atomic E-state index is 13.8. The Morgan fingerprint density at radius 3 is 2.44 bits per heavy atom. The van der Waals surface area contributed by atoms with Gasteiger partial charge in [0.25, 0.3) is 11.8 Å². The Labute approximate surface area is 200 Å². The fourth-order valence-electron chi connectivity index (χ4n) is 4.30. The molecule has 1 unspecified atom stereocenters. The molecule has 34 heavy (non-hydrogen) atoms. The highest BCUT2D eigenvalue weighted by molar-refractivity contribution is 6.02. The fraction of sp³-hybridized carbons (Fsp3) is 0.333. The lowest BCUT2D eigenvalue weighted by Gasteiger charge is -2.34. The lowest BCUT2D eigenvalue weighted by molar-refractivity contribution is -0.121. The van der Waals surface area contributed by atoms with Crippen LogP contribution in [0.15, 0.2) is 60.8 Å². The number of carbonyl (C=O) groups is 2. The summed E-state index contributed by atoms with van der Waals surface area (Å²) in [7, 11) is 3.12. The summed E-state index contributed by atoms with van der Waals surface area (Å²) >= 11 is 0. The second-order valence-corrected chi connectivity index (χ2v) is 8.89. The highest BCUT2D eigenvalue weighted by atomic mass is 16.5. The number of benzene rings is 2. The van der Waals surface area contributed by atoms with Crippen LogP contribution in [0.5, 0.6) is 11.5 Å². The van der Waals surface area contributed by atoms with E-state index >= 15 is 0 Å². The SMILES string of the molecule is COc1cc(NC(=O)C2c3cccn3Cc3ccccc3C(=O)N2CCC(C)C)cc(OC)c1. The van der Waals surface area contributed by atoms with Crippen molar-refractivity contribution in [2.75, 3.05) is 26.1 Å². The molecule has 1 aliphatic heterocycles. The molecule has 0 saturated carbocycles. The molecule has 4 rings (SSSR count). The number of nitrogens with zero attached hydrogens (tertiary/aromatic N) is 2. The van der Waals surface area contributed by atoms with Crippen LogP contribution >= 0.6 is 0 Å².